The van der Waals surface area contributed by atoms with Crippen LogP contribution >= 0.6 is 0 Å². The lowest BCUT2D eigenvalue weighted by molar-refractivity contribution is -0.115. The first-order valence-electron chi connectivity index (χ1n) is 9.12. The number of benzene rings is 2. The van der Waals surface area contributed by atoms with Crippen molar-refractivity contribution >= 4 is 34.2 Å². The van der Waals surface area contributed by atoms with Crippen LogP contribution in [0.15, 0.2) is 60.2 Å². The highest BCUT2D eigenvalue weighted by Crippen LogP contribution is 2.40. The number of aromatic nitrogens is 1. The summed E-state index contributed by atoms with van der Waals surface area (Å²) in [6, 6.07) is 14.8. The summed E-state index contributed by atoms with van der Waals surface area (Å²) in [6.07, 6.45) is 3.58. The van der Waals surface area contributed by atoms with Gasteiger partial charge in [0.1, 0.15) is 12.0 Å². The number of hydrogen-bond acceptors (Lipinski definition) is 3. The number of carbonyl (C=O) groups excluding carboxylic acids is 2. The number of nitrogens with one attached hydrogen (secondary N) is 2. The van der Waals surface area contributed by atoms with E-state index in [4.69, 9.17) is 0 Å². The number of hydrogen-bond donors (Lipinski definition) is 3. The summed E-state index contributed by atoms with van der Waals surface area (Å²) in [6.45, 7) is 0. The molecule has 3 N–H and O–H groups in total. The van der Waals surface area contributed by atoms with Gasteiger partial charge in [-0.1, -0.05) is 36.4 Å². The summed E-state index contributed by atoms with van der Waals surface area (Å²) in [5, 5.41) is 13.5. The largest absolute Gasteiger partial charge is 0.508 e. The van der Waals surface area contributed by atoms with Gasteiger partial charge in [-0.15, -0.1) is 0 Å². The maximum absolute atomic E-state index is 13.0. The quantitative estimate of drug-likeness (QED) is 0.612. The molecule has 5 nitrogen and oxygen atoms in total. The Balaban J connectivity index is 2.07. The van der Waals surface area contributed by atoms with Crippen LogP contribution in [0.3, 0.4) is 0 Å². The first kappa shape index (κ1) is 17.8. The second-order valence-corrected chi connectivity index (χ2v) is 6.70. The molecule has 1 aliphatic rings. The highest BCUT2D eigenvalue weighted by atomic mass is 16.3. The van der Waals surface area contributed by atoms with Gasteiger partial charge in [-0.2, -0.15) is 0 Å². The molecule has 28 heavy (non-hydrogen) atoms. The summed E-state index contributed by atoms with van der Waals surface area (Å²) in [5.41, 5.74) is 5.45. The van der Waals surface area contributed by atoms with Crippen molar-refractivity contribution in [3.8, 4) is 5.75 Å². The van der Waals surface area contributed by atoms with Crippen molar-refractivity contribution < 1.29 is 14.7 Å². The number of amides is 1. The number of aldehydes is 1. The number of aromatic amines is 1. The van der Waals surface area contributed by atoms with Crippen LogP contribution in [-0.4, -0.2) is 29.3 Å². The monoisotopic (exact) mass is 372 g/mol. The molecule has 0 unspecified atom stereocenters. The van der Waals surface area contributed by atoms with Gasteiger partial charge >= 0.3 is 0 Å². The minimum atomic E-state index is -0.258. The highest BCUT2D eigenvalue weighted by molar-refractivity contribution is 6.27. The molecule has 5 heteroatoms. The smallest absolute Gasteiger partial charge is 0.252 e. The number of carbonyl (C=O) groups is 2. The van der Waals surface area contributed by atoms with E-state index in [9.17, 15) is 14.7 Å². The maximum atomic E-state index is 13.0. The van der Waals surface area contributed by atoms with Gasteiger partial charge in [-0.25, -0.2) is 0 Å². The van der Waals surface area contributed by atoms with E-state index < -0.39 is 0 Å². The van der Waals surface area contributed by atoms with Gasteiger partial charge in [0.25, 0.3) is 5.91 Å². The molecular formula is C23H20N2O3. The van der Waals surface area contributed by atoms with Gasteiger partial charge in [0.15, 0.2) is 0 Å². The Bertz CT molecular complexity index is 1140. The zero-order chi connectivity index (χ0) is 19.7. The number of H-pyrrole nitrogens is 1. The standard InChI is InChI=1S/C23H20N2O3/c1-24-23(28)22-17(11-12-26)16(14-5-3-2-4-6-14)8-10-20-21(22)18-13-15(27)7-9-19(18)25-20/h2-9,12-13,25,27H,10-11H2,1H3,(H,24,28). The highest BCUT2D eigenvalue weighted by Gasteiger charge is 2.27. The van der Waals surface area contributed by atoms with Crippen molar-refractivity contribution in [2.45, 2.75) is 12.8 Å². The van der Waals surface area contributed by atoms with E-state index in [1.54, 1.807) is 25.2 Å². The summed E-state index contributed by atoms with van der Waals surface area (Å²) < 4.78 is 0. The molecule has 3 aromatic rings. The molecule has 1 heterocycles. The molecule has 1 aromatic heterocycles. The Morgan fingerprint density at radius 3 is 2.71 bits per heavy atom. The molecule has 0 aliphatic heterocycles. The minimum absolute atomic E-state index is 0.119. The zero-order valence-corrected chi connectivity index (χ0v) is 15.5. The summed E-state index contributed by atoms with van der Waals surface area (Å²) in [5.74, 6) is -0.131. The Morgan fingerprint density at radius 1 is 1.21 bits per heavy atom. The number of allylic oxidation sites excluding steroid dienone is 3. The van der Waals surface area contributed by atoms with Crippen LogP contribution in [0.5, 0.6) is 5.75 Å². The number of rotatable bonds is 4. The molecule has 140 valence electrons. The van der Waals surface area contributed by atoms with Crippen molar-refractivity contribution in [2.24, 2.45) is 0 Å². The number of fused-ring (bicyclic) bond motifs is 3. The van der Waals surface area contributed by atoms with Gasteiger partial charge in [-0.3, -0.25) is 4.79 Å². The van der Waals surface area contributed by atoms with Crippen molar-refractivity contribution in [3.05, 3.63) is 77.0 Å². The Hall–Kier alpha value is -3.60. The van der Waals surface area contributed by atoms with E-state index in [0.717, 1.165) is 39.6 Å². The fourth-order valence-corrected chi connectivity index (χ4v) is 3.87. The molecule has 2 aromatic carbocycles. The van der Waals surface area contributed by atoms with E-state index in [1.807, 2.05) is 30.3 Å². The summed E-state index contributed by atoms with van der Waals surface area (Å²) in [4.78, 5) is 27.9. The minimum Gasteiger partial charge on any atom is -0.508 e. The average molecular weight is 372 g/mol. The molecule has 1 aliphatic carbocycles. The van der Waals surface area contributed by atoms with Gasteiger partial charge in [0, 0.05) is 42.0 Å². The third kappa shape index (κ3) is 2.91. The van der Waals surface area contributed by atoms with Gasteiger partial charge in [0.2, 0.25) is 0 Å². The number of likely N-dealkylation sites (N-methyl/N-ethyl adjacent to an activating group) is 1. The predicted molar refractivity (Wildman–Crippen MR) is 110 cm³/mol. The number of aromatic hydroxyl groups is 1. The zero-order valence-electron chi connectivity index (χ0n) is 15.5. The first-order chi connectivity index (χ1) is 13.6. The fraction of sp³-hybridized carbons (Fsp3) is 0.130. The van der Waals surface area contributed by atoms with Crippen molar-refractivity contribution in [1.29, 1.82) is 0 Å². The second-order valence-electron chi connectivity index (χ2n) is 6.70. The Morgan fingerprint density at radius 2 is 2.00 bits per heavy atom. The van der Waals surface area contributed by atoms with Crippen LogP contribution in [0, 0.1) is 0 Å². The van der Waals surface area contributed by atoms with Gasteiger partial charge < -0.3 is 20.2 Å². The Labute approximate surface area is 162 Å². The molecular weight excluding hydrogens is 352 g/mol. The van der Waals surface area contributed by atoms with Crippen molar-refractivity contribution in [2.75, 3.05) is 7.05 Å². The van der Waals surface area contributed by atoms with E-state index >= 15 is 0 Å². The summed E-state index contributed by atoms with van der Waals surface area (Å²) in [7, 11) is 1.58. The molecule has 0 saturated heterocycles. The first-order valence-corrected chi connectivity index (χ1v) is 9.12. The number of phenolic OH excluding ortho intramolecular Hbond substituents is 1. The maximum Gasteiger partial charge on any atom is 0.252 e. The van der Waals surface area contributed by atoms with E-state index in [-0.39, 0.29) is 18.1 Å². The third-order valence-corrected chi connectivity index (χ3v) is 5.07. The van der Waals surface area contributed by atoms with Crippen LogP contribution in [-0.2, 0) is 16.0 Å². The predicted octanol–water partition coefficient (Wildman–Crippen LogP) is 3.60. The van der Waals surface area contributed by atoms with Crippen LogP contribution < -0.4 is 5.32 Å². The van der Waals surface area contributed by atoms with Crippen LogP contribution in [0.2, 0.25) is 0 Å². The molecule has 0 radical (unpaired) electrons. The molecule has 0 bridgehead atoms. The van der Waals surface area contributed by atoms with E-state index in [2.05, 4.69) is 16.4 Å². The number of phenols is 1. The van der Waals surface area contributed by atoms with E-state index in [1.165, 1.54) is 0 Å². The molecule has 0 fully saturated rings. The summed E-state index contributed by atoms with van der Waals surface area (Å²) >= 11 is 0. The lowest BCUT2D eigenvalue weighted by atomic mass is 9.89. The topological polar surface area (TPSA) is 82.2 Å². The third-order valence-electron chi connectivity index (χ3n) is 5.07. The normalized spacial score (nSPS) is 13.7. The molecule has 1 amide bonds. The molecule has 4 rings (SSSR count). The second kappa shape index (κ2) is 7.19. The van der Waals surface area contributed by atoms with Crippen LogP contribution in [0.1, 0.15) is 23.2 Å². The van der Waals surface area contributed by atoms with Crippen LogP contribution in [0.25, 0.3) is 22.0 Å². The van der Waals surface area contributed by atoms with E-state index in [0.29, 0.717) is 17.6 Å². The van der Waals surface area contributed by atoms with Gasteiger partial charge in [-0.05, 0) is 34.9 Å². The lowest BCUT2D eigenvalue weighted by Gasteiger charge is -2.15. The van der Waals surface area contributed by atoms with Crippen LogP contribution in [0.4, 0.5) is 0 Å². The SMILES string of the molecule is CNC(=O)C1=C(CC=O)C(c2ccccc2)=CCc2[nH]c3ccc(O)cc3c21. The Kier molecular flexibility index (Phi) is 4.57. The molecule has 0 atom stereocenters. The average Bonchev–Trinajstić information content (AvgIpc) is 2.98. The molecule has 0 saturated carbocycles. The fourth-order valence-electron chi connectivity index (χ4n) is 3.87. The van der Waals surface area contributed by atoms with Crippen molar-refractivity contribution in [3.63, 3.8) is 0 Å². The van der Waals surface area contributed by atoms with Crippen molar-refractivity contribution in [1.82, 2.24) is 10.3 Å². The molecule has 0 spiro atoms. The lowest BCUT2D eigenvalue weighted by Crippen LogP contribution is -2.21. The van der Waals surface area contributed by atoms with Gasteiger partial charge in [0.05, 0.1) is 5.57 Å².